The molecule has 0 radical (unpaired) electrons. The van der Waals surface area contributed by atoms with Gasteiger partial charge >= 0.3 is 0 Å². The number of benzene rings is 2. The van der Waals surface area contributed by atoms with E-state index >= 15 is 0 Å². The molecule has 0 aliphatic carbocycles. The number of rotatable bonds is 14. The van der Waals surface area contributed by atoms with Gasteiger partial charge in [-0.25, -0.2) is 0 Å². The SMILES string of the molecule is CC/C=C/CCCCCCCCN(Cc1ccccc1)Cc1ccccc1. The van der Waals surface area contributed by atoms with Crippen LogP contribution in [0.3, 0.4) is 0 Å². The fourth-order valence-corrected chi connectivity index (χ4v) is 3.49. The molecular formula is C26H37N. The molecule has 0 N–H and O–H groups in total. The summed E-state index contributed by atoms with van der Waals surface area (Å²) in [6, 6.07) is 21.7. The first-order valence-electron chi connectivity index (χ1n) is 10.8. The second kappa shape index (κ2) is 14.2. The van der Waals surface area contributed by atoms with Crippen LogP contribution in [-0.4, -0.2) is 11.4 Å². The van der Waals surface area contributed by atoms with Gasteiger partial charge in [-0.1, -0.05) is 105 Å². The van der Waals surface area contributed by atoms with Crippen LogP contribution < -0.4 is 0 Å². The van der Waals surface area contributed by atoms with E-state index in [4.69, 9.17) is 0 Å². The first-order chi connectivity index (χ1) is 13.4. The Kier molecular flexibility index (Phi) is 11.3. The zero-order valence-corrected chi connectivity index (χ0v) is 17.2. The lowest BCUT2D eigenvalue weighted by Gasteiger charge is -2.22. The molecule has 0 aromatic heterocycles. The molecule has 2 rings (SSSR count). The van der Waals surface area contributed by atoms with Crippen LogP contribution in [0.15, 0.2) is 72.8 Å². The zero-order valence-electron chi connectivity index (χ0n) is 17.2. The smallest absolute Gasteiger partial charge is 0.0237 e. The van der Waals surface area contributed by atoms with Crippen LogP contribution in [0.2, 0.25) is 0 Å². The van der Waals surface area contributed by atoms with Crippen LogP contribution in [-0.2, 0) is 13.1 Å². The van der Waals surface area contributed by atoms with Crippen molar-refractivity contribution in [3.05, 3.63) is 83.9 Å². The fraction of sp³-hybridized carbons (Fsp3) is 0.462. The first kappa shape index (κ1) is 21.4. The second-order valence-electron chi connectivity index (χ2n) is 7.47. The van der Waals surface area contributed by atoms with Crippen molar-refractivity contribution in [2.75, 3.05) is 6.54 Å². The molecule has 0 spiro atoms. The molecule has 0 saturated carbocycles. The van der Waals surface area contributed by atoms with E-state index in [-0.39, 0.29) is 0 Å². The summed E-state index contributed by atoms with van der Waals surface area (Å²) in [6.45, 7) is 5.47. The third-order valence-corrected chi connectivity index (χ3v) is 5.00. The predicted octanol–water partition coefficient (Wildman–Crippen LogP) is 7.39. The molecule has 0 unspecified atom stereocenters. The standard InChI is InChI=1S/C26H37N/c1-2-3-4-5-6-7-8-9-10-17-22-27(23-25-18-13-11-14-19-25)24-26-20-15-12-16-21-26/h3-4,11-16,18-21H,2,5-10,17,22-24H2,1H3/b4-3+. The summed E-state index contributed by atoms with van der Waals surface area (Å²) in [5.41, 5.74) is 2.82. The maximum Gasteiger partial charge on any atom is 0.0237 e. The van der Waals surface area contributed by atoms with E-state index in [9.17, 15) is 0 Å². The maximum atomic E-state index is 2.60. The van der Waals surface area contributed by atoms with Crippen LogP contribution in [0.5, 0.6) is 0 Å². The van der Waals surface area contributed by atoms with Gasteiger partial charge in [0.25, 0.3) is 0 Å². The normalized spacial score (nSPS) is 11.5. The van der Waals surface area contributed by atoms with Crippen molar-refractivity contribution in [3.63, 3.8) is 0 Å². The summed E-state index contributed by atoms with van der Waals surface area (Å²) in [6.07, 6.45) is 15.2. The van der Waals surface area contributed by atoms with E-state index in [0.29, 0.717) is 0 Å². The minimum Gasteiger partial charge on any atom is -0.295 e. The van der Waals surface area contributed by atoms with Crippen LogP contribution in [0.4, 0.5) is 0 Å². The number of hydrogen-bond donors (Lipinski definition) is 0. The summed E-state index contributed by atoms with van der Waals surface area (Å²) in [4.78, 5) is 2.60. The van der Waals surface area contributed by atoms with Gasteiger partial charge in [0.15, 0.2) is 0 Å². The zero-order chi connectivity index (χ0) is 19.0. The highest BCUT2D eigenvalue weighted by molar-refractivity contribution is 5.17. The van der Waals surface area contributed by atoms with Gasteiger partial charge in [0, 0.05) is 13.1 Å². The van der Waals surface area contributed by atoms with Gasteiger partial charge in [-0.15, -0.1) is 0 Å². The monoisotopic (exact) mass is 363 g/mol. The summed E-state index contributed by atoms with van der Waals surface area (Å²) in [5, 5.41) is 0. The predicted molar refractivity (Wildman–Crippen MR) is 119 cm³/mol. The summed E-state index contributed by atoms with van der Waals surface area (Å²) < 4.78 is 0. The molecule has 0 amide bonds. The van der Waals surface area contributed by atoms with Crippen molar-refractivity contribution in [3.8, 4) is 0 Å². The molecule has 1 nitrogen and oxygen atoms in total. The van der Waals surface area contributed by atoms with Crippen molar-refractivity contribution >= 4 is 0 Å². The lowest BCUT2D eigenvalue weighted by atomic mass is 10.1. The van der Waals surface area contributed by atoms with E-state index in [0.717, 1.165) is 13.1 Å². The second-order valence-corrected chi connectivity index (χ2v) is 7.47. The number of allylic oxidation sites excluding steroid dienone is 2. The van der Waals surface area contributed by atoms with E-state index in [1.54, 1.807) is 0 Å². The van der Waals surface area contributed by atoms with Crippen LogP contribution in [0.1, 0.15) is 69.4 Å². The molecule has 0 aliphatic heterocycles. The molecule has 0 heterocycles. The van der Waals surface area contributed by atoms with E-state index in [1.807, 2.05) is 0 Å². The van der Waals surface area contributed by atoms with Gasteiger partial charge in [0.1, 0.15) is 0 Å². The summed E-state index contributed by atoms with van der Waals surface area (Å²) >= 11 is 0. The van der Waals surface area contributed by atoms with Gasteiger partial charge in [0.05, 0.1) is 0 Å². The van der Waals surface area contributed by atoms with Gasteiger partial charge in [-0.3, -0.25) is 4.90 Å². The van der Waals surface area contributed by atoms with Crippen molar-refractivity contribution in [1.29, 1.82) is 0 Å². The Labute approximate surface area is 167 Å². The third kappa shape index (κ3) is 10.2. The summed E-state index contributed by atoms with van der Waals surface area (Å²) in [5.74, 6) is 0. The summed E-state index contributed by atoms with van der Waals surface area (Å²) in [7, 11) is 0. The van der Waals surface area contributed by atoms with Crippen molar-refractivity contribution in [2.45, 2.75) is 71.4 Å². The highest BCUT2D eigenvalue weighted by atomic mass is 15.1. The quantitative estimate of drug-likeness (QED) is 0.250. The van der Waals surface area contributed by atoms with Crippen LogP contribution in [0, 0.1) is 0 Å². The van der Waals surface area contributed by atoms with Gasteiger partial charge < -0.3 is 0 Å². The Balaban J connectivity index is 1.68. The molecule has 0 aliphatic rings. The van der Waals surface area contributed by atoms with Crippen molar-refractivity contribution in [1.82, 2.24) is 4.90 Å². The molecule has 2 aromatic rings. The Hall–Kier alpha value is -1.86. The molecule has 0 bridgehead atoms. The van der Waals surface area contributed by atoms with Gasteiger partial charge in [-0.05, 0) is 43.4 Å². The molecule has 27 heavy (non-hydrogen) atoms. The minimum absolute atomic E-state index is 1.04. The van der Waals surface area contributed by atoms with Crippen LogP contribution >= 0.6 is 0 Å². The van der Waals surface area contributed by atoms with E-state index in [2.05, 4.69) is 84.6 Å². The fourth-order valence-electron chi connectivity index (χ4n) is 3.49. The Morgan fingerprint density at radius 3 is 1.70 bits per heavy atom. The topological polar surface area (TPSA) is 3.24 Å². The first-order valence-corrected chi connectivity index (χ1v) is 10.8. The highest BCUT2D eigenvalue weighted by Gasteiger charge is 2.07. The van der Waals surface area contributed by atoms with Gasteiger partial charge in [0.2, 0.25) is 0 Å². The average Bonchev–Trinajstić information content (AvgIpc) is 2.71. The van der Waals surface area contributed by atoms with E-state index in [1.165, 1.54) is 69.0 Å². The number of nitrogens with zero attached hydrogens (tertiary/aromatic N) is 1. The number of hydrogen-bond acceptors (Lipinski definition) is 1. The Morgan fingerprint density at radius 2 is 1.15 bits per heavy atom. The Bertz CT molecular complexity index is 561. The Morgan fingerprint density at radius 1 is 0.630 bits per heavy atom. The highest BCUT2D eigenvalue weighted by Crippen LogP contribution is 2.13. The maximum absolute atomic E-state index is 2.60. The molecule has 0 atom stereocenters. The minimum atomic E-state index is 1.04. The van der Waals surface area contributed by atoms with Gasteiger partial charge in [-0.2, -0.15) is 0 Å². The average molecular weight is 364 g/mol. The molecule has 2 aromatic carbocycles. The lowest BCUT2D eigenvalue weighted by Crippen LogP contribution is -2.24. The molecule has 146 valence electrons. The molecular weight excluding hydrogens is 326 g/mol. The third-order valence-electron chi connectivity index (χ3n) is 5.00. The van der Waals surface area contributed by atoms with E-state index < -0.39 is 0 Å². The molecule has 0 fully saturated rings. The number of unbranched alkanes of at least 4 members (excludes halogenated alkanes) is 6. The lowest BCUT2D eigenvalue weighted by molar-refractivity contribution is 0.250. The molecule has 0 saturated heterocycles. The van der Waals surface area contributed by atoms with Crippen LogP contribution in [0.25, 0.3) is 0 Å². The van der Waals surface area contributed by atoms with Crippen molar-refractivity contribution in [2.24, 2.45) is 0 Å². The van der Waals surface area contributed by atoms with Crippen molar-refractivity contribution < 1.29 is 0 Å². The molecule has 1 heteroatoms. The largest absolute Gasteiger partial charge is 0.295 e.